The molecule has 0 aliphatic carbocycles. The van der Waals surface area contributed by atoms with Gasteiger partial charge in [-0.1, -0.05) is 35.5 Å². The Morgan fingerprint density at radius 1 is 1.12 bits per heavy atom. The summed E-state index contributed by atoms with van der Waals surface area (Å²) in [5.41, 5.74) is 3.07. The smallest absolute Gasteiger partial charge is 0.273 e. The zero-order valence-corrected chi connectivity index (χ0v) is 12.7. The highest BCUT2D eigenvalue weighted by Gasteiger charge is 2.14. The highest BCUT2D eigenvalue weighted by Crippen LogP contribution is 2.24. The molecule has 6 nitrogen and oxygen atoms in total. The molecular formula is C18H14N4O2. The van der Waals surface area contributed by atoms with Crippen molar-refractivity contribution < 1.29 is 9.32 Å². The molecule has 1 amide bonds. The van der Waals surface area contributed by atoms with Crippen molar-refractivity contribution in [2.24, 2.45) is 0 Å². The molecule has 0 saturated heterocycles. The topological polar surface area (TPSA) is 83.8 Å². The minimum absolute atomic E-state index is 0.258. The number of carbonyl (C=O) groups excluding carboxylic acids is 1. The predicted molar refractivity (Wildman–Crippen MR) is 89.2 cm³/mol. The summed E-state index contributed by atoms with van der Waals surface area (Å²) in [4.78, 5) is 12.2. The van der Waals surface area contributed by atoms with Gasteiger partial charge in [-0.15, -0.1) is 0 Å². The van der Waals surface area contributed by atoms with Crippen LogP contribution in [0.15, 0.2) is 65.3 Å². The minimum Gasteiger partial charge on any atom is -0.355 e. The maximum absolute atomic E-state index is 12.2. The third kappa shape index (κ3) is 2.77. The van der Waals surface area contributed by atoms with Crippen LogP contribution in [0.5, 0.6) is 0 Å². The Kier molecular flexibility index (Phi) is 3.55. The summed E-state index contributed by atoms with van der Waals surface area (Å²) in [6.07, 6.45) is 1.74. The zero-order chi connectivity index (χ0) is 16.4. The summed E-state index contributed by atoms with van der Waals surface area (Å²) in [6.45, 7) is 0.447. The number of amides is 1. The van der Waals surface area contributed by atoms with Gasteiger partial charge in [0.2, 0.25) is 0 Å². The van der Waals surface area contributed by atoms with Crippen molar-refractivity contribution in [3.63, 3.8) is 0 Å². The molecule has 0 bridgehead atoms. The van der Waals surface area contributed by atoms with E-state index in [0.717, 1.165) is 22.0 Å². The molecular weight excluding hydrogens is 304 g/mol. The van der Waals surface area contributed by atoms with Gasteiger partial charge in [-0.2, -0.15) is 5.10 Å². The lowest BCUT2D eigenvalue weighted by atomic mass is 10.1. The number of fused-ring (bicyclic) bond motifs is 1. The number of H-pyrrole nitrogens is 1. The number of nitrogens with zero attached hydrogens (tertiary/aromatic N) is 2. The molecule has 118 valence electrons. The van der Waals surface area contributed by atoms with Gasteiger partial charge in [0.05, 0.1) is 11.7 Å². The molecule has 6 heteroatoms. The fourth-order valence-corrected chi connectivity index (χ4v) is 2.48. The van der Waals surface area contributed by atoms with Crippen molar-refractivity contribution in [2.75, 3.05) is 0 Å². The summed E-state index contributed by atoms with van der Waals surface area (Å²) in [6, 6.07) is 17.1. The molecule has 2 N–H and O–H groups in total. The minimum atomic E-state index is -0.266. The quantitative estimate of drug-likeness (QED) is 0.605. The van der Waals surface area contributed by atoms with Gasteiger partial charge in [0.15, 0.2) is 11.5 Å². The maximum atomic E-state index is 12.2. The average Bonchev–Trinajstić information content (AvgIpc) is 3.29. The molecule has 4 rings (SSSR count). The number of hydrogen-bond donors (Lipinski definition) is 2. The van der Waals surface area contributed by atoms with Crippen LogP contribution in [0.25, 0.3) is 22.2 Å². The molecule has 0 spiro atoms. The van der Waals surface area contributed by atoms with Gasteiger partial charge >= 0.3 is 0 Å². The first-order chi connectivity index (χ1) is 11.8. The van der Waals surface area contributed by atoms with Crippen molar-refractivity contribution in [2.45, 2.75) is 6.54 Å². The van der Waals surface area contributed by atoms with Crippen LogP contribution < -0.4 is 5.32 Å². The van der Waals surface area contributed by atoms with E-state index >= 15 is 0 Å². The molecule has 0 saturated carbocycles. The first-order valence-electron chi connectivity index (χ1n) is 7.52. The van der Waals surface area contributed by atoms with Gasteiger partial charge in [-0.05, 0) is 23.8 Å². The molecule has 0 aliphatic rings. The van der Waals surface area contributed by atoms with Crippen LogP contribution in [0.2, 0.25) is 0 Å². The van der Waals surface area contributed by atoms with Gasteiger partial charge in [0.1, 0.15) is 0 Å². The largest absolute Gasteiger partial charge is 0.355 e. The van der Waals surface area contributed by atoms with Crippen molar-refractivity contribution in [3.05, 3.63) is 72.1 Å². The monoisotopic (exact) mass is 318 g/mol. The van der Waals surface area contributed by atoms with Gasteiger partial charge in [0.25, 0.3) is 5.91 Å². The zero-order valence-electron chi connectivity index (χ0n) is 12.7. The van der Waals surface area contributed by atoms with Gasteiger partial charge in [0, 0.05) is 23.6 Å². The third-order valence-electron chi connectivity index (χ3n) is 3.76. The van der Waals surface area contributed by atoms with Crippen LogP contribution in [0.1, 0.15) is 16.1 Å². The number of aromatic amines is 1. The number of carbonyl (C=O) groups is 1. The SMILES string of the molecule is O=C(NCc1ccccc1)c1cc(-c2ccc3[nH]ncc3c2)on1. The summed E-state index contributed by atoms with van der Waals surface area (Å²) in [7, 11) is 0. The first-order valence-corrected chi connectivity index (χ1v) is 7.52. The Balaban J connectivity index is 1.50. The van der Waals surface area contributed by atoms with E-state index in [1.165, 1.54) is 0 Å². The summed E-state index contributed by atoms with van der Waals surface area (Å²) in [5, 5.41) is 14.5. The number of aromatic nitrogens is 3. The van der Waals surface area contributed by atoms with Crippen molar-refractivity contribution in [1.29, 1.82) is 0 Å². The molecule has 2 heterocycles. The second-order valence-corrected chi connectivity index (χ2v) is 5.42. The maximum Gasteiger partial charge on any atom is 0.273 e. The van der Waals surface area contributed by atoms with Crippen LogP contribution in [0.3, 0.4) is 0 Å². The van der Waals surface area contributed by atoms with E-state index in [9.17, 15) is 4.79 Å². The normalized spacial score (nSPS) is 10.8. The Labute approximate surface area is 137 Å². The summed E-state index contributed by atoms with van der Waals surface area (Å²) in [5.74, 6) is 0.279. The van der Waals surface area contributed by atoms with Gasteiger partial charge in [-0.3, -0.25) is 9.89 Å². The van der Waals surface area contributed by atoms with Gasteiger partial charge < -0.3 is 9.84 Å². The number of rotatable bonds is 4. The molecule has 24 heavy (non-hydrogen) atoms. The second-order valence-electron chi connectivity index (χ2n) is 5.42. The molecule has 0 unspecified atom stereocenters. The van der Waals surface area contributed by atoms with Crippen molar-refractivity contribution >= 4 is 16.8 Å². The average molecular weight is 318 g/mol. The Bertz CT molecular complexity index is 988. The molecule has 0 atom stereocenters. The van der Waals surface area contributed by atoms with Gasteiger partial charge in [-0.25, -0.2) is 0 Å². The van der Waals surface area contributed by atoms with E-state index in [4.69, 9.17) is 4.52 Å². The predicted octanol–water partition coefficient (Wildman–Crippen LogP) is 3.15. The fraction of sp³-hybridized carbons (Fsp3) is 0.0556. The molecule has 0 aliphatic heterocycles. The molecule has 0 fully saturated rings. The Morgan fingerprint density at radius 3 is 2.88 bits per heavy atom. The van der Waals surface area contributed by atoms with Crippen LogP contribution in [0.4, 0.5) is 0 Å². The van der Waals surface area contributed by atoms with Crippen molar-refractivity contribution in [1.82, 2.24) is 20.7 Å². The summed E-state index contributed by atoms with van der Waals surface area (Å²) < 4.78 is 5.31. The van der Waals surface area contributed by atoms with Crippen LogP contribution >= 0.6 is 0 Å². The first kappa shape index (κ1) is 14.2. The van der Waals surface area contributed by atoms with E-state index < -0.39 is 0 Å². The Hall–Kier alpha value is -3.41. The van der Waals surface area contributed by atoms with Crippen LogP contribution in [-0.4, -0.2) is 21.3 Å². The number of nitrogens with one attached hydrogen (secondary N) is 2. The van der Waals surface area contributed by atoms with E-state index in [0.29, 0.717) is 12.3 Å². The van der Waals surface area contributed by atoms with Crippen molar-refractivity contribution in [3.8, 4) is 11.3 Å². The lowest BCUT2D eigenvalue weighted by Gasteiger charge is -2.02. The molecule has 4 aromatic rings. The molecule has 2 aromatic carbocycles. The highest BCUT2D eigenvalue weighted by molar-refractivity contribution is 5.93. The van der Waals surface area contributed by atoms with E-state index in [2.05, 4.69) is 20.7 Å². The standard InChI is InChI=1S/C18H14N4O2/c23-18(19-10-12-4-2-1-3-5-12)16-9-17(24-22-16)13-6-7-15-14(8-13)11-20-21-15/h1-9,11H,10H2,(H,19,23)(H,20,21). The van der Waals surface area contributed by atoms with Crippen LogP contribution in [0, 0.1) is 0 Å². The Morgan fingerprint density at radius 2 is 2.00 bits per heavy atom. The van der Waals surface area contributed by atoms with E-state index in [1.807, 2.05) is 48.5 Å². The lowest BCUT2D eigenvalue weighted by molar-refractivity contribution is 0.0942. The van der Waals surface area contributed by atoms with E-state index in [-0.39, 0.29) is 11.6 Å². The molecule has 2 aromatic heterocycles. The lowest BCUT2D eigenvalue weighted by Crippen LogP contribution is -2.22. The molecule has 0 radical (unpaired) electrons. The number of hydrogen-bond acceptors (Lipinski definition) is 4. The summed E-state index contributed by atoms with van der Waals surface area (Å²) >= 11 is 0. The third-order valence-corrected chi connectivity index (χ3v) is 3.76. The second kappa shape index (κ2) is 6.00. The number of benzene rings is 2. The van der Waals surface area contributed by atoms with E-state index in [1.54, 1.807) is 12.3 Å². The highest BCUT2D eigenvalue weighted by atomic mass is 16.5. The fourth-order valence-electron chi connectivity index (χ4n) is 2.48. The van der Waals surface area contributed by atoms with Crippen LogP contribution in [-0.2, 0) is 6.54 Å².